The number of hydrogen-bond donors (Lipinski definition) is 2. The van der Waals surface area contributed by atoms with Gasteiger partial charge in [0.1, 0.15) is 18.0 Å². The first-order valence-electron chi connectivity index (χ1n) is 11.6. The topological polar surface area (TPSA) is 105 Å². The summed E-state index contributed by atoms with van der Waals surface area (Å²) in [5.41, 5.74) is 3.37. The minimum atomic E-state index is -0.264. The maximum atomic E-state index is 12.9. The zero-order valence-electron chi connectivity index (χ0n) is 19.5. The highest BCUT2D eigenvalue weighted by molar-refractivity contribution is 5.97. The van der Waals surface area contributed by atoms with Gasteiger partial charge in [-0.05, 0) is 42.0 Å². The van der Waals surface area contributed by atoms with Gasteiger partial charge in [-0.15, -0.1) is 0 Å². The van der Waals surface area contributed by atoms with E-state index >= 15 is 0 Å². The molecule has 3 heterocycles. The molecule has 1 aliphatic rings. The Bertz CT molecular complexity index is 1380. The summed E-state index contributed by atoms with van der Waals surface area (Å²) in [7, 11) is 0. The minimum Gasteiger partial charge on any atom is -0.486 e. The second kappa shape index (κ2) is 10.3. The fourth-order valence-electron chi connectivity index (χ4n) is 4.03. The molecule has 0 unspecified atom stereocenters. The van der Waals surface area contributed by atoms with Crippen molar-refractivity contribution in [2.75, 3.05) is 19.6 Å². The van der Waals surface area contributed by atoms with E-state index in [9.17, 15) is 14.4 Å². The second-order valence-electron chi connectivity index (χ2n) is 8.44. The van der Waals surface area contributed by atoms with Crippen LogP contribution in [0.3, 0.4) is 0 Å². The number of carbonyl (C=O) groups excluding carboxylic acids is 3. The molecule has 1 fully saturated rings. The number of amides is 3. The number of carbonyl (C=O) groups is 3. The zero-order chi connectivity index (χ0) is 24.9. The van der Waals surface area contributed by atoms with Gasteiger partial charge in [0.2, 0.25) is 5.91 Å². The van der Waals surface area contributed by atoms with E-state index in [0.717, 1.165) is 16.9 Å². The van der Waals surface area contributed by atoms with Gasteiger partial charge in [-0.25, -0.2) is 4.98 Å². The smallest absolute Gasteiger partial charge is 0.255 e. The van der Waals surface area contributed by atoms with E-state index in [4.69, 9.17) is 4.74 Å². The maximum Gasteiger partial charge on any atom is 0.255 e. The summed E-state index contributed by atoms with van der Waals surface area (Å²) in [5.74, 6) is -0.132. The number of fused-ring (bicyclic) bond motifs is 1. The largest absolute Gasteiger partial charge is 0.486 e. The first kappa shape index (κ1) is 23.1. The fraction of sp³-hybridized carbons (Fsp3) is 0.185. The first-order chi connectivity index (χ1) is 17.6. The van der Waals surface area contributed by atoms with Gasteiger partial charge in [0, 0.05) is 37.6 Å². The van der Waals surface area contributed by atoms with Crippen LogP contribution in [0.25, 0.3) is 5.65 Å². The molecule has 0 spiro atoms. The number of ether oxygens (including phenoxy) is 1. The Labute approximate surface area is 207 Å². The van der Waals surface area contributed by atoms with Crippen molar-refractivity contribution < 1.29 is 19.1 Å². The number of nitrogens with one attached hydrogen (secondary N) is 2. The average molecular weight is 484 g/mol. The highest BCUT2D eigenvalue weighted by atomic mass is 16.5. The molecule has 9 heteroatoms. The third-order valence-corrected chi connectivity index (χ3v) is 5.90. The highest BCUT2D eigenvalue weighted by Crippen LogP contribution is 2.20. The van der Waals surface area contributed by atoms with Crippen molar-refractivity contribution in [3.8, 4) is 5.75 Å². The van der Waals surface area contributed by atoms with E-state index in [0.29, 0.717) is 36.5 Å². The lowest BCUT2D eigenvalue weighted by Gasteiger charge is -2.26. The van der Waals surface area contributed by atoms with Crippen LogP contribution in [0.4, 0.5) is 0 Å². The number of imidazole rings is 1. The molecule has 36 heavy (non-hydrogen) atoms. The van der Waals surface area contributed by atoms with Gasteiger partial charge >= 0.3 is 0 Å². The molecule has 5 rings (SSSR count). The van der Waals surface area contributed by atoms with Gasteiger partial charge in [-0.1, -0.05) is 30.3 Å². The lowest BCUT2D eigenvalue weighted by atomic mass is 10.1. The molecule has 0 aliphatic carbocycles. The van der Waals surface area contributed by atoms with Crippen molar-refractivity contribution in [1.29, 1.82) is 0 Å². The standard InChI is InChI=1S/C27H25N5O4/c33-25-17-32(14-12-28-25)27(35)20-10-8-19(9-11-20)15-29-26(34)22-5-1-2-6-23(22)36-18-21-16-31-13-4-3-7-24(31)30-21/h1-11,13,16H,12,14-15,17-18H2,(H,28,33)(H,29,34). The molecule has 2 N–H and O–H groups in total. The predicted octanol–water partition coefficient (Wildman–Crippen LogP) is 2.42. The summed E-state index contributed by atoms with van der Waals surface area (Å²) < 4.78 is 7.84. The summed E-state index contributed by atoms with van der Waals surface area (Å²) in [4.78, 5) is 43.1. The molecule has 2 aromatic carbocycles. The molecule has 0 saturated carbocycles. The van der Waals surface area contributed by atoms with Gasteiger partial charge < -0.3 is 24.7 Å². The molecule has 1 aliphatic heterocycles. The van der Waals surface area contributed by atoms with Crippen molar-refractivity contribution in [3.63, 3.8) is 0 Å². The summed E-state index contributed by atoms with van der Waals surface area (Å²) in [6, 6.07) is 19.9. The van der Waals surface area contributed by atoms with Crippen LogP contribution in [0.1, 0.15) is 32.0 Å². The van der Waals surface area contributed by atoms with Gasteiger partial charge in [-0.2, -0.15) is 0 Å². The number of rotatable bonds is 7. The van der Waals surface area contributed by atoms with Crippen LogP contribution in [0.15, 0.2) is 79.1 Å². The molecule has 182 valence electrons. The van der Waals surface area contributed by atoms with Gasteiger partial charge in [-0.3, -0.25) is 14.4 Å². The summed E-state index contributed by atoms with van der Waals surface area (Å²) in [5, 5.41) is 5.61. The van der Waals surface area contributed by atoms with Gasteiger partial charge in [0.25, 0.3) is 11.8 Å². The summed E-state index contributed by atoms with van der Waals surface area (Å²) >= 11 is 0. The Morgan fingerprint density at radius 3 is 2.64 bits per heavy atom. The Morgan fingerprint density at radius 2 is 1.83 bits per heavy atom. The molecule has 0 bridgehead atoms. The number of benzene rings is 2. The van der Waals surface area contributed by atoms with Crippen molar-refractivity contribution in [2.24, 2.45) is 0 Å². The third kappa shape index (κ3) is 5.20. The average Bonchev–Trinajstić information content (AvgIpc) is 3.34. The molecule has 3 amide bonds. The molecular weight excluding hydrogens is 458 g/mol. The third-order valence-electron chi connectivity index (χ3n) is 5.90. The van der Waals surface area contributed by atoms with Crippen molar-refractivity contribution >= 4 is 23.4 Å². The Hall–Kier alpha value is -4.66. The molecule has 0 atom stereocenters. The van der Waals surface area contributed by atoms with Crippen molar-refractivity contribution in [3.05, 3.63) is 102 Å². The van der Waals surface area contributed by atoms with E-state index in [-0.39, 0.29) is 30.9 Å². The van der Waals surface area contributed by atoms with E-state index in [1.807, 2.05) is 41.1 Å². The zero-order valence-corrected chi connectivity index (χ0v) is 19.5. The number of aromatic nitrogens is 2. The van der Waals surface area contributed by atoms with Crippen LogP contribution >= 0.6 is 0 Å². The van der Waals surface area contributed by atoms with Crippen LogP contribution in [0.5, 0.6) is 5.75 Å². The summed E-state index contributed by atoms with van der Waals surface area (Å²) in [6.45, 7) is 1.54. The van der Waals surface area contributed by atoms with Crippen LogP contribution < -0.4 is 15.4 Å². The summed E-state index contributed by atoms with van der Waals surface area (Å²) in [6.07, 6.45) is 3.81. The van der Waals surface area contributed by atoms with Crippen LogP contribution in [-0.2, 0) is 17.9 Å². The van der Waals surface area contributed by atoms with Gasteiger partial charge in [0.15, 0.2) is 0 Å². The SMILES string of the molecule is O=C1CN(C(=O)c2ccc(CNC(=O)c3ccccc3OCc3cn4ccccc4n3)cc2)CCN1. The first-order valence-corrected chi connectivity index (χ1v) is 11.6. The Kier molecular flexibility index (Phi) is 6.61. The quantitative estimate of drug-likeness (QED) is 0.420. The van der Waals surface area contributed by atoms with Gasteiger partial charge in [0.05, 0.1) is 17.8 Å². The normalized spacial score (nSPS) is 13.3. The molecule has 9 nitrogen and oxygen atoms in total. The van der Waals surface area contributed by atoms with Crippen molar-refractivity contribution in [2.45, 2.75) is 13.2 Å². The van der Waals surface area contributed by atoms with Crippen LogP contribution in [0.2, 0.25) is 0 Å². The van der Waals surface area contributed by atoms with E-state index in [1.54, 1.807) is 42.5 Å². The number of piperazine rings is 1. The molecule has 2 aromatic heterocycles. The highest BCUT2D eigenvalue weighted by Gasteiger charge is 2.22. The van der Waals surface area contributed by atoms with E-state index in [1.165, 1.54) is 4.90 Å². The molecule has 4 aromatic rings. The Morgan fingerprint density at radius 1 is 1.03 bits per heavy atom. The molecule has 0 radical (unpaired) electrons. The monoisotopic (exact) mass is 483 g/mol. The van der Waals surface area contributed by atoms with E-state index in [2.05, 4.69) is 15.6 Å². The molecule has 1 saturated heterocycles. The maximum absolute atomic E-state index is 12.9. The minimum absolute atomic E-state index is 0.0648. The fourth-order valence-corrected chi connectivity index (χ4v) is 4.03. The predicted molar refractivity (Wildman–Crippen MR) is 132 cm³/mol. The lowest BCUT2D eigenvalue weighted by Crippen LogP contribution is -2.49. The lowest BCUT2D eigenvalue weighted by molar-refractivity contribution is -0.123. The van der Waals surface area contributed by atoms with Crippen LogP contribution in [-0.4, -0.2) is 51.6 Å². The van der Waals surface area contributed by atoms with Crippen molar-refractivity contribution in [1.82, 2.24) is 24.9 Å². The van der Waals surface area contributed by atoms with E-state index < -0.39 is 0 Å². The van der Waals surface area contributed by atoms with Crippen LogP contribution in [0, 0.1) is 0 Å². The second-order valence-corrected chi connectivity index (χ2v) is 8.44. The number of nitrogens with zero attached hydrogens (tertiary/aromatic N) is 3. The number of para-hydroxylation sites is 1. The Balaban J connectivity index is 1.19. The number of pyridine rings is 1. The molecular formula is C27H25N5O4. The number of hydrogen-bond acceptors (Lipinski definition) is 5.